The van der Waals surface area contributed by atoms with Gasteiger partial charge >= 0.3 is 0 Å². The molecule has 9 heteroatoms. The van der Waals surface area contributed by atoms with Crippen molar-refractivity contribution in [1.29, 1.82) is 0 Å². The molecule has 1 heterocycles. The van der Waals surface area contributed by atoms with Crippen molar-refractivity contribution in [2.24, 2.45) is 0 Å². The molecule has 1 fully saturated rings. The number of hydrogen-bond acceptors (Lipinski definition) is 5. The zero-order valence-electron chi connectivity index (χ0n) is 16.6. The molecule has 158 valence electrons. The minimum atomic E-state index is -0.501. The van der Waals surface area contributed by atoms with E-state index < -0.39 is 11.0 Å². The minimum absolute atomic E-state index is 0.0759. The topological polar surface area (TPSA) is 95.8 Å². The lowest BCUT2D eigenvalue weighted by atomic mass is 10.2. The predicted molar refractivity (Wildman–Crippen MR) is 115 cm³/mol. The van der Waals surface area contributed by atoms with E-state index in [-0.39, 0.29) is 17.5 Å². The maximum atomic E-state index is 12.8. The molecular weight excluding hydrogens is 408 g/mol. The normalized spacial score (nSPS) is 15.9. The second kappa shape index (κ2) is 9.69. The van der Waals surface area contributed by atoms with Crippen LogP contribution in [0.15, 0.2) is 48.5 Å². The summed E-state index contributed by atoms with van der Waals surface area (Å²) in [6.45, 7) is 4.11. The lowest BCUT2D eigenvalue weighted by Gasteiger charge is -2.27. The van der Waals surface area contributed by atoms with Crippen LogP contribution in [0.1, 0.15) is 23.7 Å². The highest BCUT2D eigenvalue weighted by atomic mass is 35.5. The molecular formula is C21H23ClN4O4. The molecule has 0 spiro atoms. The van der Waals surface area contributed by atoms with Crippen LogP contribution in [0.25, 0.3) is 0 Å². The molecule has 2 amide bonds. The number of amides is 2. The van der Waals surface area contributed by atoms with E-state index in [2.05, 4.69) is 5.32 Å². The summed E-state index contributed by atoms with van der Waals surface area (Å²) >= 11 is 5.99. The number of carbonyl (C=O) groups is 2. The molecule has 0 radical (unpaired) electrons. The van der Waals surface area contributed by atoms with Crippen LogP contribution < -0.4 is 5.32 Å². The number of halogens is 1. The number of non-ortho nitro benzene ring substituents is 1. The number of hydrogen-bond donors (Lipinski definition) is 1. The molecule has 0 aliphatic carbocycles. The number of anilines is 1. The minimum Gasteiger partial charge on any atom is -0.337 e. The summed E-state index contributed by atoms with van der Waals surface area (Å²) in [6.07, 6.45) is 0.737. The van der Waals surface area contributed by atoms with Gasteiger partial charge in [0.1, 0.15) is 0 Å². The predicted octanol–water partition coefficient (Wildman–Crippen LogP) is 3.42. The third kappa shape index (κ3) is 5.34. The first kappa shape index (κ1) is 21.7. The first-order chi connectivity index (χ1) is 14.3. The Bertz CT molecular complexity index is 952. The Hall–Kier alpha value is -2.97. The fourth-order valence-corrected chi connectivity index (χ4v) is 3.63. The van der Waals surface area contributed by atoms with Gasteiger partial charge in [-0.05, 0) is 37.6 Å². The van der Waals surface area contributed by atoms with Crippen LogP contribution in [0.4, 0.5) is 11.4 Å². The van der Waals surface area contributed by atoms with Gasteiger partial charge in [-0.2, -0.15) is 0 Å². The number of nitro groups is 1. The number of carbonyl (C=O) groups excluding carboxylic acids is 2. The Morgan fingerprint density at radius 2 is 1.87 bits per heavy atom. The smallest absolute Gasteiger partial charge is 0.271 e. The fraction of sp³-hybridized carbons (Fsp3) is 0.333. The third-order valence-corrected chi connectivity index (χ3v) is 5.38. The Balaban J connectivity index is 1.60. The molecule has 2 aromatic rings. The number of rotatable bonds is 5. The summed E-state index contributed by atoms with van der Waals surface area (Å²) in [4.78, 5) is 39.6. The van der Waals surface area contributed by atoms with E-state index in [0.29, 0.717) is 42.5 Å². The van der Waals surface area contributed by atoms with Crippen LogP contribution in [0.5, 0.6) is 0 Å². The maximum absolute atomic E-state index is 12.8. The monoisotopic (exact) mass is 430 g/mol. The van der Waals surface area contributed by atoms with Gasteiger partial charge in [0.25, 0.3) is 11.6 Å². The molecule has 0 aromatic heterocycles. The number of nitrogens with one attached hydrogen (secondary N) is 1. The van der Waals surface area contributed by atoms with E-state index in [9.17, 15) is 19.7 Å². The van der Waals surface area contributed by atoms with Crippen LogP contribution in [0.3, 0.4) is 0 Å². The van der Waals surface area contributed by atoms with Crippen molar-refractivity contribution < 1.29 is 14.5 Å². The summed E-state index contributed by atoms with van der Waals surface area (Å²) in [6, 6.07) is 12.3. The molecule has 1 N–H and O–H groups in total. The number of nitrogens with zero attached hydrogens (tertiary/aromatic N) is 3. The molecule has 30 heavy (non-hydrogen) atoms. The van der Waals surface area contributed by atoms with Gasteiger partial charge in [0.15, 0.2) is 0 Å². The van der Waals surface area contributed by atoms with Crippen molar-refractivity contribution >= 4 is 34.8 Å². The van der Waals surface area contributed by atoms with E-state index in [1.54, 1.807) is 42.2 Å². The molecule has 3 rings (SSSR count). The molecule has 1 atom stereocenters. The SMILES string of the molecule is CC(C(=O)Nc1cccc([N+](=O)[O-])c1)N1CCCN(C(=O)c2cccc(Cl)c2)CC1. The molecule has 1 aliphatic rings. The summed E-state index contributed by atoms with van der Waals surface area (Å²) in [5, 5.41) is 14.2. The summed E-state index contributed by atoms with van der Waals surface area (Å²) in [5.74, 6) is -0.321. The summed E-state index contributed by atoms with van der Waals surface area (Å²) < 4.78 is 0. The van der Waals surface area contributed by atoms with Gasteiger partial charge in [0.2, 0.25) is 5.91 Å². The van der Waals surface area contributed by atoms with Gasteiger partial charge in [0, 0.05) is 54.6 Å². The third-order valence-electron chi connectivity index (χ3n) is 5.14. The quantitative estimate of drug-likeness (QED) is 0.579. The summed E-state index contributed by atoms with van der Waals surface area (Å²) in [5.41, 5.74) is 0.853. The van der Waals surface area contributed by atoms with Gasteiger partial charge < -0.3 is 10.2 Å². The van der Waals surface area contributed by atoms with Gasteiger partial charge in [0.05, 0.1) is 11.0 Å². The second-order valence-corrected chi connectivity index (χ2v) is 7.60. The number of nitro benzene ring substituents is 1. The van der Waals surface area contributed by atoms with Gasteiger partial charge in [-0.3, -0.25) is 24.6 Å². The van der Waals surface area contributed by atoms with Gasteiger partial charge in [-0.1, -0.05) is 23.7 Å². The standard InChI is InChI=1S/C21H23ClN4O4/c1-15(20(27)23-18-7-3-8-19(14-18)26(29)30)24-9-4-10-25(12-11-24)21(28)16-5-2-6-17(22)13-16/h2-3,5-8,13-15H,4,9-12H2,1H3,(H,23,27). The average molecular weight is 431 g/mol. The Morgan fingerprint density at radius 1 is 1.10 bits per heavy atom. The first-order valence-electron chi connectivity index (χ1n) is 9.69. The molecule has 1 saturated heterocycles. The van der Waals surface area contributed by atoms with Gasteiger partial charge in [-0.15, -0.1) is 0 Å². The Kier molecular flexibility index (Phi) is 7.02. The van der Waals surface area contributed by atoms with Crippen LogP contribution in [0.2, 0.25) is 5.02 Å². The van der Waals surface area contributed by atoms with Crippen molar-refractivity contribution in [2.45, 2.75) is 19.4 Å². The molecule has 0 bridgehead atoms. The van der Waals surface area contributed by atoms with Gasteiger partial charge in [-0.25, -0.2) is 0 Å². The second-order valence-electron chi connectivity index (χ2n) is 7.16. The molecule has 8 nitrogen and oxygen atoms in total. The van der Waals surface area contributed by atoms with Crippen LogP contribution in [-0.4, -0.2) is 58.8 Å². The van der Waals surface area contributed by atoms with Crippen LogP contribution >= 0.6 is 11.6 Å². The largest absolute Gasteiger partial charge is 0.337 e. The number of benzene rings is 2. The van der Waals surface area contributed by atoms with Crippen LogP contribution in [0, 0.1) is 10.1 Å². The molecule has 1 unspecified atom stereocenters. The highest BCUT2D eigenvalue weighted by Crippen LogP contribution is 2.19. The average Bonchev–Trinajstić information content (AvgIpc) is 2.99. The van der Waals surface area contributed by atoms with Crippen molar-refractivity contribution in [2.75, 3.05) is 31.5 Å². The summed E-state index contributed by atoms with van der Waals surface area (Å²) in [7, 11) is 0. The highest BCUT2D eigenvalue weighted by Gasteiger charge is 2.26. The van der Waals surface area contributed by atoms with Crippen molar-refractivity contribution in [1.82, 2.24) is 9.80 Å². The molecule has 2 aromatic carbocycles. The van der Waals surface area contributed by atoms with Crippen LogP contribution in [-0.2, 0) is 4.79 Å². The van der Waals surface area contributed by atoms with E-state index in [0.717, 1.165) is 6.42 Å². The van der Waals surface area contributed by atoms with E-state index in [1.807, 2.05) is 4.90 Å². The van der Waals surface area contributed by atoms with E-state index in [4.69, 9.17) is 11.6 Å². The lowest BCUT2D eigenvalue weighted by molar-refractivity contribution is -0.384. The zero-order chi connectivity index (χ0) is 21.7. The van der Waals surface area contributed by atoms with E-state index in [1.165, 1.54) is 18.2 Å². The lowest BCUT2D eigenvalue weighted by Crippen LogP contribution is -2.44. The Labute approximate surface area is 179 Å². The molecule has 1 aliphatic heterocycles. The Morgan fingerprint density at radius 3 is 2.60 bits per heavy atom. The van der Waals surface area contributed by atoms with Crippen molar-refractivity contribution in [3.63, 3.8) is 0 Å². The highest BCUT2D eigenvalue weighted by molar-refractivity contribution is 6.30. The molecule has 0 saturated carbocycles. The zero-order valence-corrected chi connectivity index (χ0v) is 17.3. The first-order valence-corrected chi connectivity index (χ1v) is 10.1. The maximum Gasteiger partial charge on any atom is 0.271 e. The van der Waals surface area contributed by atoms with E-state index >= 15 is 0 Å². The van der Waals surface area contributed by atoms with Crippen molar-refractivity contribution in [3.05, 3.63) is 69.2 Å². The van der Waals surface area contributed by atoms with Crippen molar-refractivity contribution in [3.8, 4) is 0 Å². The fourth-order valence-electron chi connectivity index (χ4n) is 3.44.